The summed E-state index contributed by atoms with van der Waals surface area (Å²) in [7, 11) is 0. The lowest BCUT2D eigenvalue weighted by atomic mass is 10.0. The number of urea groups is 1. The molecule has 5 aromatic carbocycles. The number of amides is 4. The number of aryl methyl sites for hydroxylation is 1. The van der Waals surface area contributed by atoms with Crippen molar-refractivity contribution in [3.05, 3.63) is 144 Å². The van der Waals surface area contributed by atoms with Gasteiger partial charge in [-0.05, 0) is 71.3 Å². The zero-order chi connectivity index (χ0) is 28.3. The van der Waals surface area contributed by atoms with Crippen LogP contribution in [-0.2, 0) is 16.2 Å². The molecule has 0 unspecified atom stereocenters. The predicted octanol–water partition coefficient (Wildman–Crippen LogP) is 7.31. The molecular formula is C35H26N2O4. The number of hydrogen-bond acceptors (Lipinski definition) is 4. The van der Waals surface area contributed by atoms with Crippen LogP contribution >= 0.6 is 0 Å². The second kappa shape index (κ2) is 10.9. The number of barbiturate groups is 1. The van der Waals surface area contributed by atoms with Crippen molar-refractivity contribution in [1.29, 1.82) is 0 Å². The van der Waals surface area contributed by atoms with Gasteiger partial charge in [-0.25, -0.2) is 14.6 Å². The van der Waals surface area contributed by atoms with Crippen molar-refractivity contribution >= 4 is 46.1 Å². The molecule has 1 fully saturated rings. The highest BCUT2D eigenvalue weighted by atomic mass is 16.5. The molecule has 6 nitrogen and oxygen atoms in total. The van der Waals surface area contributed by atoms with E-state index in [1.165, 1.54) is 6.08 Å². The molecule has 6 rings (SSSR count). The number of fused-ring (bicyclic) bond motifs is 1. The van der Waals surface area contributed by atoms with Crippen LogP contribution in [0, 0.1) is 6.92 Å². The van der Waals surface area contributed by atoms with Crippen LogP contribution in [0.3, 0.4) is 0 Å². The molecule has 6 heteroatoms. The topological polar surface area (TPSA) is 66.9 Å². The van der Waals surface area contributed by atoms with E-state index in [1.807, 2.05) is 12.1 Å². The summed E-state index contributed by atoms with van der Waals surface area (Å²) >= 11 is 0. The van der Waals surface area contributed by atoms with Gasteiger partial charge in [0.2, 0.25) is 0 Å². The van der Waals surface area contributed by atoms with Crippen LogP contribution in [0.2, 0.25) is 0 Å². The fourth-order valence-corrected chi connectivity index (χ4v) is 4.96. The first kappa shape index (κ1) is 25.8. The Morgan fingerprint density at radius 3 is 1.80 bits per heavy atom. The molecule has 0 atom stereocenters. The highest BCUT2D eigenvalue weighted by molar-refractivity contribution is 6.46. The van der Waals surface area contributed by atoms with E-state index in [2.05, 4.69) is 31.2 Å². The number of nitrogens with zero attached hydrogens (tertiary/aromatic N) is 2. The number of rotatable bonds is 6. The molecule has 4 amide bonds. The minimum atomic E-state index is -0.720. The summed E-state index contributed by atoms with van der Waals surface area (Å²) in [5, 5.41) is 2.32. The first-order chi connectivity index (χ1) is 20.0. The third kappa shape index (κ3) is 4.99. The highest BCUT2D eigenvalue weighted by Crippen LogP contribution is 2.30. The van der Waals surface area contributed by atoms with Gasteiger partial charge in [0.1, 0.15) is 17.9 Å². The van der Waals surface area contributed by atoms with E-state index >= 15 is 0 Å². The molecule has 1 saturated heterocycles. The quantitative estimate of drug-likeness (QED) is 0.168. The smallest absolute Gasteiger partial charge is 0.343 e. The zero-order valence-electron chi connectivity index (χ0n) is 22.4. The second-order valence-corrected chi connectivity index (χ2v) is 9.73. The number of benzene rings is 5. The molecule has 0 aliphatic carbocycles. The Hall–Kier alpha value is -5.49. The van der Waals surface area contributed by atoms with Crippen LogP contribution in [0.15, 0.2) is 127 Å². The largest absolute Gasteiger partial charge is 0.489 e. The van der Waals surface area contributed by atoms with Crippen LogP contribution in [0.1, 0.15) is 16.7 Å². The van der Waals surface area contributed by atoms with Gasteiger partial charge < -0.3 is 4.74 Å². The molecule has 0 saturated carbocycles. The number of carbonyl (C=O) groups is 3. The summed E-state index contributed by atoms with van der Waals surface area (Å²) in [5.41, 5.74) is 3.56. The van der Waals surface area contributed by atoms with Crippen molar-refractivity contribution in [1.82, 2.24) is 0 Å². The van der Waals surface area contributed by atoms with Crippen LogP contribution in [0.25, 0.3) is 16.8 Å². The van der Waals surface area contributed by atoms with Crippen molar-refractivity contribution in [2.45, 2.75) is 13.5 Å². The van der Waals surface area contributed by atoms with Crippen LogP contribution in [-0.4, -0.2) is 17.8 Å². The number of imide groups is 2. The SMILES string of the molecule is Cc1ccc2ccccc2c1COc1ccc(C=C2C(=O)N(c3ccccc3)C(=O)N(c3ccccc3)C2=O)cc1. The summed E-state index contributed by atoms with van der Waals surface area (Å²) in [5.74, 6) is -0.692. The molecule has 0 aromatic heterocycles. The van der Waals surface area contributed by atoms with Crippen LogP contribution < -0.4 is 14.5 Å². The van der Waals surface area contributed by atoms with Gasteiger partial charge in [-0.1, -0.05) is 84.9 Å². The standard InChI is InChI=1S/C35H26N2O4/c1-24-16-19-26-10-8-9-15-30(26)32(24)23-41-29-20-17-25(18-21-29)22-31-33(38)36(27-11-4-2-5-12-27)35(40)37(34(31)39)28-13-6-3-7-14-28/h2-22H,23H2,1H3. The number of ether oxygens (including phenoxy) is 1. The molecule has 0 radical (unpaired) electrons. The second-order valence-electron chi connectivity index (χ2n) is 9.73. The van der Waals surface area contributed by atoms with E-state index in [0.717, 1.165) is 31.7 Å². The van der Waals surface area contributed by atoms with Gasteiger partial charge in [0.25, 0.3) is 11.8 Å². The minimum absolute atomic E-state index is 0.114. The van der Waals surface area contributed by atoms with Gasteiger partial charge in [0, 0.05) is 5.56 Å². The number of para-hydroxylation sites is 2. The van der Waals surface area contributed by atoms with Crippen LogP contribution in [0.5, 0.6) is 5.75 Å². The van der Waals surface area contributed by atoms with E-state index in [4.69, 9.17) is 4.74 Å². The lowest BCUT2D eigenvalue weighted by Gasteiger charge is -2.33. The fourth-order valence-electron chi connectivity index (χ4n) is 4.96. The van der Waals surface area contributed by atoms with Crippen molar-refractivity contribution in [2.24, 2.45) is 0 Å². The summed E-state index contributed by atoms with van der Waals surface area (Å²) in [6.07, 6.45) is 1.52. The van der Waals surface area contributed by atoms with Gasteiger partial charge in [-0.2, -0.15) is 0 Å². The van der Waals surface area contributed by atoms with Crippen molar-refractivity contribution < 1.29 is 19.1 Å². The molecule has 1 aliphatic rings. The maximum Gasteiger partial charge on any atom is 0.343 e. The maximum atomic E-state index is 13.6. The fraction of sp³-hybridized carbons (Fsp3) is 0.0571. The van der Waals surface area contributed by atoms with Gasteiger partial charge in [0.05, 0.1) is 11.4 Å². The Kier molecular flexibility index (Phi) is 6.88. The highest BCUT2D eigenvalue weighted by Gasteiger charge is 2.43. The normalized spacial score (nSPS) is 13.6. The molecule has 41 heavy (non-hydrogen) atoms. The van der Waals surface area contributed by atoms with E-state index < -0.39 is 17.8 Å². The van der Waals surface area contributed by atoms with E-state index in [-0.39, 0.29) is 5.57 Å². The average Bonchev–Trinajstić information content (AvgIpc) is 3.00. The lowest BCUT2D eigenvalue weighted by molar-refractivity contribution is -0.121. The van der Waals surface area contributed by atoms with Crippen LogP contribution in [0.4, 0.5) is 16.2 Å². The average molecular weight is 539 g/mol. The van der Waals surface area contributed by atoms with E-state index in [9.17, 15) is 14.4 Å². The molecule has 5 aromatic rings. The Morgan fingerprint density at radius 1 is 0.634 bits per heavy atom. The van der Waals surface area contributed by atoms with Gasteiger partial charge in [-0.3, -0.25) is 9.59 Å². The molecule has 0 bridgehead atoms. The van der Waals surface area contributed by atoms with E-state index in [1.54, 1.807) is 84.9 Å². The molecule has 0 spiro atoms. The third-order valence-electron chi connectivity index (χ3n) is 7.13. The number of carbonyl (C=O) groups excluding carboxylic acids is 3. The maximum absolute atomic E-state index is 13.6. The predicted molar refractivity (Wildman–Crippen MR) is 161 cm³/mol. The molecule has 1 heterocycles. The summed E-state index contributed by atoms with van der Waals surface area (Å²) in [4.78, 5) is 42.6. The summed E-state index contributed by atoms with van der Waals surface area (Å²) < 4.78 is 6.12. The Balaban J connectivity index is 1.29. The third-order valence-corrected chi connectivity index (χ3v) is 7.13. The zero-order valence-corrected chi connectivity index (χ0v) is 22.4. The van der Waals surface area contributed by atoms with Crippen molar-refractivity contribution in [2.75, 3.05) is 9.80 Å². The molecule has 1 aliphatic heterocycles. The molecule has 0 N–H and O–H groups in total. The molecule has 200 valence electrons. The summed E-state index contributed by atoms with van der Waals surface area (Å²) in [6, 6.07) is 36.1. The lowest BCUT2D eigenvalue weighted by Crippen LogP contribution is -2.57. The summed E-state index contributed by atoms with van der Waals surface area (Å²) in [6.45, 7) is 2.48. The van der Waals surface area contributed by atoms with Crippen molar-refractivity contribution in [3.63, 3.8) is 0 Å². The first-order valence-electron chi connectivity index (χ1n) is 13.3. The molecular weight excluding hydrogens is 512 g/mol. The number of hydrogen-bond donors (Lipinski definition) is 0. The Bertz CT molecular complexity index is 1730. The Labute approximate surface area is 237 Å². The van der Waals surface area contributed by atoms with Gasteiger partial charge in [0.15, 0.2) is 0 Å². The van der Waals surface area contributed by atoms with Gasteiger partial charge in [-0.15, -0.1) is 0 Å². The van der Waals surface area contributed by atoms with E-state index in [0.29, 0.717) is 29.3 Å². The van der Waals surface area contributed by atoms with Gasteiger partial charge >= 0.3 is 6.03 Å². The monoisotopic (exact) mass is 538 g/mol. The minimum Gasteiger partial charge on any atom is -0.489 e. The Morgan fingerprint density at radius 2 is 1.20 bits per heavy atom. The first-order valence-corrected chi connectivity index (χ1v) is 13.3. The van der Waals surface area contributed by atoms with Crippen molar-refractivity contribution in [3.8, 4) is 5.75 Å². The number of anilines is 2.